The number of hydrogen-bond donors (Lipinski definition) is 1. The third-order valence-corrected chi connectivity index (χ3v) is 2.57. The fourth-order valence-corrected chi connectivity index (χ4v) is 1.48. The molecular formula is C11H15NO2S. The lowest BCUT2D eigenvalue weighted by Crippen LogP contribution is -2.06. The van der Waals surface area contributed by atoms with Gasteiger partial charge in [0.1, 0.15) is 0 Å². The highest BCUT2D eigenvalue weighted by Gasteiger charge is 2.05. The molecule has 0 radical (unpaired) electrons. The topological polar surface area (TPSA) is 52.3 Å². The number of hydrogen-bond acceptors (Lipinski definition) is 4. The third kappa shape index (κ3) is 4.25. The van der Waals surface area contributed by atoms with Crippen molar-refractivity contribution in [3.05, 3.63) is 29.8 Å². The van der Waals surface area contributed by atoms with Crippen LogP contribution in [-0.4, -0.2) is 24.6 Å². The lowest BCUT2D eigenvalue weighted by Gasteiger charge is -2.04. The highest BCUT2D eigenvalue weighted by molar-refractivity contribution is 7.98. The van der Waals surface area contributed by atoms with Gasteiger partial charge in [-0.15, -0.1) is 0 Å². The van der Waals surface area contributed by atoms with Crippen LogP contribution >= 0.6 is 11.8 Å². The van der Waals surface area contributed by atoms with Crippen LogP contribution in [0.25, 0.3) is 0 Å². The van der Waals surface area contributed by atoms with Gasteiger partial charge in [-0.2, -0.15) is 11.8 Å². The van der Waals surface area contributed by atoms with E-state index < -0.39 is 0 Å². The van der Waals surface area contributed by atoms with Gasteiger partial charge < -0.3 is 10.5 Å². The minimum Gasteiger partial charge on any atom is -0.462 e. The van der Waals surface area contributed by atoms with E-state index in [-0.39, 0.29) is 5.97 Å². The molecule has 3 nitrogen and oxygen atoms in total. The SMILES string of the molecule is CSCCCOC(=O)c1ccc(N)cc1. The van der Waals surface area contributed by atoms with E-state index in [0.29, 0.717) is 17.9 Å². The zero-order valence-electron chi connectivity index (χ0n) is 8.73. The lowest BCUT2D eigenvalue weighted by atomic mass is 10.2. The molecule has 2 N–H and O–H groups in total. The molecule has 0 bridgehead atoms. The molecule has 1 aromatic rings. The van der Waals surface area contributed by atoms with Crippen molar-refractivity contribution in [3.8, 4) is 0 Å². The number of carbonyl (C=O) groups excluding carboxylic acids is 1. The highest BCUT2D eigenvalue weighted by Crippen LogP contribution is 2.07. The number of esters is 1. The molecule has 4 heteroatoms. The Morgan fingerprint density at radius 3 is 2.67 bits per heavy atom. The Labute approximate surface area is 94.0 Å². The third-order valence-electron chi connectivity index (χ3n) is 1.87. The van der Waals surface area contributed by atoms with E-state index >= 15 is 0 Å². The summed E-state index contributed by atoms with van der Waals surface area (Å²) < 4.78 is 5.08. The normalized spacial score (nSPS) is 9.93. The van der Waals surface area contributed by atoms with Crippen LogP contribution in [-0.2, 0) is 4.74 Å². The summed E-state index contributed by atoms with van der Waals surface area (Å²) in [6.07, 6.45) is 2.92. The maximum Gasteiger partial charge on any atom is 0.338 e. The van der Waals surface area contributed by atoms with Crippen molar-refractivity contribution in [3.63, 3.8) is 0 Å². The minimum atomic E-state index is -0.281. The Kier molecular flexibility index (Phi) is 5.04. The van der Waals surface area contributed by atoms with E-state index in [2.05, 4.69) is 0 Å². The number of benzene rings is 1. The van der Waals surface area contributed by atoms with E-state index in [0.717, 1.165) is 12.2 Å². The standard InChI is InChI=1S/C11H15NO2S/c1-15-8-2-7-14-11(13)9-3-5-10(12)6-4-9/h3-6H,2,7-8,12H2,1H3. The number of rotatable bonds is 5. The first-order valence-electron chi connectivity index (χ1n) is 4.75. The van der Waals surface area contributed by atoms with Gasteiger partial charge in [0, 0.05) is 5.69 Å². The largest absolute Gasteiger partial charge is 0.462 e. The first-order chi connectivity index (χ1) is 7.24. The summed E-state index contributed by atoms with van der Waals surface area (Å²) in [7, 11) is 0. The van der Waals surface area contributed by atoms with Gasteiger partial charge in [-0.1, -0.05) is 0 Å². The molecule has 0 unspecified atom stereocenters. The van der Waals surface area contributed by atoms with Crippen LogP contribution in [0.15, 0.2) is 24.3 Å². The van der Waals surface area contributed by atoms with Gasteiger partial charge in [-0.05, 0) is 42.7 Å². The molecule has 1 rings (SSSR count). The summed E-state index contributed by atoms with van der Waals surface area (Å²) >= 11 is 1.74. The van der Waals surface area contributed by atoms with Gasteiger partial charge in [0.25, 0.3) is 0 Å². The monoisotopic (exact) mass is 225 g/mol. The molecule has 0 aliphatic rings. The van der Waals surface area contributed by atoms with Crippen molar-refractivity contribution >= 4 is 23.4 Å². The minimum absolute atomic E-state index is 0.281. The number of ether oxygens (including phenoxy) is 1. The van der Waals surface area contributed by atoms with Crippen molar-refractivity contribution in [1.29, 1.82) is 0 Å². The zero-order chi connectivity index (χ0) is 11.1. The lowest BCUT2D eigenvalue weighted by molar-refractivity contribution is 0.0506. The zero-order valence-corrected chi connectivity index (χ0v) is 9.55. The Hall–Kier alpha value is -1.16. The van der Waals surface area contributed by atoms with Crippen molar-refractivity contribution < 1.29 is 9.53 Å². The first kappa shape index (κ1) is 11.9. The number of nitrogens with two attached hydrogens (primary N) is 1. The van der Waals surface area contributed by atoms with Crippen LogP contribution < -0.4 is 5.73 Å². The van der Waals surface area contributed by atoms with E-state index in [1.165, 1.54) is 0 Å². The van der Waals surface area contributed by atoms with E-state index in [1.807, 2.05) is 6.26 Å². The molecule has 0 atom stereocenters. The molecule has 15 heavy (non-hydrogen) atoms. The molecule has 1 aromatic carbocycles. The number of carbonyl (C=O) groups is 1. The van der Waals surface area contributed by atoms with Crippen LogP contribution in [0.2, 0.25) is 0 Å². The Balaban J connectivity index is 2.37. The molecule has 0 spiro atoms. The van der Waals surface area contributed by atoms with Crippen LogP contribution in [0.3, 0.4) is 0 Å². The smallest absolute Gasteiger partial charge is 0.338 e. The average Bonchev–Trinajstić information content (AvgIpc) is 2.25. The summed E-state index contributed by atoms with van der Waals surface area (Å²) in [5.74, 6) is 0.728. The molecule has 0 heterocycles. The van der Waals surface area contributed by atoms with Gasteiger partial charge in [0.2, 0.25) is 0 Å². The predicted molar refractivity (Wildman–Crippen MR) is 64.1 cm³/mol. The van der Waals surface area contributed by atoms with E-state index in [1.54, 1.807) is 36.0 Å². The Bertz CT molecular complexity index is 311. The maximum absolute atomic E-state index is 11.4. The summed E-state index contributed by atoms with van der Waals surface area (Å²) in [5, 5.41) is 0. The van der Waals surface area contributed by atoms with Crippen molar-refractivity contribution in [2.45, 2.75) is 6.42 Å². The highest BCUT2D eigenvalue weighted by atomic mass is 32.2. The maximum atomic E-state index is 11.4. The second-order valence-corrected chi connectivity index (χ2v) is 4.09. The Morgan fingerprint density at radius 2 is 2.07 bits per heavy atom. The number of thioether (sulfide) groups is 1. The molecule has 0 aromatic heterocycles. The second-order valence-electron chi connectivity index (χ2n) is 3.10. The summed E-state index contributed by atoms with van der Waals surface area (Å²) in [6, 6.07) is 6.73. The van der Waals surface area contributed by atoms with Crippen LogP contribution in [0.1, 0.15) is 16.8 Å². The van der Waals surface area contributed by atoms with Gasteiger partial charge >= 0.3 is 5.97 Å². The average molecular weight is 225 g/mol. The van der Waals surface area contributed by atoms with Crippen LogP contribution in [0.4, 0.5) is 5.69 Å². The van der Waals surface area contributed by atoms with Crippen LogP contribution in [0, 0.1) is 0 Å². The van der Waals surface area contributed by atoms with Crippen molar-refractivity contribution in [1.82, 2.24) is 0 Å². The molecule has 82 valence electrons. The quantitative estimate of drug-likeness (QED) is 0.474. The summed E-state index contributed by atoms with van der Waals surface area (Å²) in [4.78, 5) is 11.4. The number of nitrogen functional groups attached to an aromatic ring is 1. The van der Waals surface area contributed by atoms with Crippen LogP contribution in [0.5, 0.6) is 0 Å². The van der Waals surface area contributed by atoms with Gasteiger partial charge in [0.15, 0.2) is 0 Å². The number of anilines is 1. The van der Waals surface area contributed by atoms with E-state index in [9.17, 15) is 4.79 Å². The summed E-state index contributed by atoms with van der Waals surface area (Å²) in [6.45, 7) is 0.476. The molecular weight excluding hydrogens is 210 g/mol. The molecule has 0 saturated carbocycles. The van der Waals surface area contributed by atoms with Gasteiger partial charge in [-0.3, -0.25) is 0 Å². The summed E-state index contributed by atoms with van der Waals surface area (Å²) in [5.41, 5.74) is 6.71. The fourth-order valence-electron chi connectivity index (χ4n) is 1.07. The molecule has 0 saturated heterocycles. The second kappa shape index (κ2) is 6.35. The van der Waals surface area contributed by atoms with Crippen molar-refractivity contribution in [2.24, 2.45) is 0 Å². The van der Waals surface area contributed by atoms with Crippen molar-refractivity contribution in [2.75, 3.05) is 24.3 Å². The molecule has 0 aliphatic carbocycles. The Morgan fingerprint density at radius 1 is 1.40 bits per heavy atom. The van der Waals surface area contributed by atoms with Gasteiger partial charge in [-0.25, -0.2) is 4.79 Å². The first-order valence-corrected chi connectivity index (χ1v) is 6.15. The van der Waals surface area contributed by atoms with E-state index in [4.69, 9.17) is 10.5 Å². The molecule has 0 aliphatic heterocycles. The molecule has 0 amide bonds. The predicted octanol–water partition coefficient (Wildman–Crippen LogP) is 2.18. The fraction of sp³-hybridized carbons (Fsp3) is 0.364. The molecule has 0 fully saturated rings. The van der Waals surface area contributed by atoms with Gasteiger partial charge in [0.05, 0.1) is 12.2 Å².